The molecular weight excluding hydrogens is 412 g/mol. The van der Waals surface area contributed by atoms with E-state index < -0.39 is 17.4 Å². The number of Topliss-reactive ketones (excluding diaryl/α,β-unsaturated/α-hetero) is 1. The SMILES string of the molecule is CC(C)CCC(CCc1c(O)c2ccc(C(=O)C(=O)O)cc2oc1=O)Oc1ccccc1. The van der Waals surface area contributed by atoms with Crippen LogP contribution in [0, 0.1) is 5.92 Å². The van der Waals surface area contributed by atoms with E-state index in [1.54, 1.807) is 0 Å². The van der Waals surface area contributed by atoms with Gasteiger partial charge in [0.2, 0.25) is 0 Å². The Kier molecular flexibility index (Phi) is 7.30. The van der Waals surface area contributed by atoms with Crippen molar-refractivity contribution < 1.29 is 29.0 Å². The summed E-state index contributed by atoms with van der Waals surface area (Å²) < 4.78 is 11.4. The molecule has 2 N–H and O–H groups in total. The van der Waals surface area contributed by atoms with Crippen molar-refractivity contribution in [3.8, 4) is 11.5 Å². The summed E-state index contributed by atoms with van der Waals surface area (Å²) in [6.45, 7) is 4.26. The van der Waals surface area contributed by atoms with E-state index in [4.69, 9.17) is 14.3 Å². The number of carboxylic acids is 1. The number of aromatic hydroxyl groups is 1. The smallest absolute Gasteiger partial charge is 0.377 e. The molecule has 0 spiro atoms. The van der Waals surface area contributed by atoms with Crippen LogP contribution in [0.25, 0.3) is 11.0 Å². The van der Waals surface area contributed by atoms with Gasteiger partial charge in [-0.25, -0.2) is 9.59 Å². The van der Waals surface area contributed by atoms with Gasteiger partial charge in [-0.05, 0) is 61.9 Å². The number of aliphatic carboxylic acids is 1. The van der Waals surface area contributed by atoms with Gasteiger partial charge in [0.25, 0.3) is 5.78 Å². The Balaban J connectivity index is 1.84. The van der Waals surface area contributed by atoms with Gasteiger partial charge in [0, 0.05) is 5.56 Å². The molecule has 0 aliphatic carbocycles. The molecule has 0 bridgehead atoms. The summed E-state index contributed by atoms with van der Waals surface area (Å²) in [5.41, 5.74) is -0.774. The summed E-state index contributed by atoms with van der Waals surface area (Å²) in [4.78, 5) is 35.1. The summed E-state index contributed by atoms with van der Waals surface area (Å²) in [5.74, 6) is -1.72. The molecule has 7 heteroatoms. The van der Waals surface area contributed by atoms with Crippen LogP contribution in [0.5, 0.6) is 11.5 Å². The Morgan fingerprint density at radius 1 is 1.03 bits per heavy atom. The Hall–Kier alpha value is -3.61. The number of carbonyl (C=O) groups is 2. The van der Waals surface area contributed by atoms with E-state index in [1.807, 2.05) is 30.3 Å². The molecule has 1 unspecified atom stereocenters. The fourth-order valence-electron chi connectivity index (χ4n) is 3.49. The number of benzene rings is 2. The molecule has 32 heavy (non-hydrogen) atoms. The van der Waals surface area contributed by atoms with Gasteiger partial charge in [-0.1, -0.05) is 32.0 Å². The van der Waals surface area contributed by atoms with Gasteiger partial charge < -0.3 is 19.4 Å². The highest BCUT2D eigenvalue weighted by Crippen LogP contribution is 2.29. The fourth-order valence-corrected chi connectivity index (χ4v) is 3.49. The van der Waals surface area contributed by atoms with Gasteiger partial charge >= 0.3 is 11.6 Å². The maximum atomic E-state index is 12.5. The van der Waals surface area contributed by atoms with Crippen molar-refractivity contribution in [2.45, 2.75) is 45.6 Å². The van der Waals surface area contributed by atoms with E-state index in [1.165, 1.54) is 12.1 Å². The summed E-state index contributed by atoms with van der Waals surface area (Å²) in [5, 5.41) is 19.8. The topological polar surface area (TPSA) is 114 Å². The normalized spacial score (nSPS) is 12.1. The highest BCUT2D eigenvalue weighted by atomic mass is 16.5. The third kappa shape index (κ3) is 5.55. The molecule has 3 aromatic rings. The van der Waals surface area contributed by atoms with Crippen LogP contribution in [0.2, 0.25) is 0 Å². The number of para-hydroxylation sites is 1. The maximum Gasteiger partial charge on any atom is 0.377 e. The monoisotopic (exact) mass is 438 g/mol. The predicted octanol–water partition coefficient (Wildman–Crippen LogP) is 4.58. The average molecular weight is 438 g/mol. The van der Waals surface area contributed by atoms with Crippen LogP contribution in [0.4, 0.5) is 0 Å². The van der Waals surface area contributed by atoms with Gasteiger partial charge in [-0.3, -0.25) is 4.79 Å². The van der Waals surface area contributed by atoms with Crippen molar-refractivity contribution in [3.63, 3.8) is 0 Å². The van der Waals surface area contributed by atoms with E-state index in [9.17, 15) is 19.5 Å². The Bertz CT molecular complexity index is 1160. The van der Waals surface area contributed by atoms with Crippen molar-refractivity contribution in [2.24, 2.45) is 5.92 Å². The molecule has 1 heterocycles. The van der Waals surface area contributed by atoms with Gasteiger partial charge in [0.1, 0.15) is 17.1 Å². The first-order valence-electron chi connectivity index (χ1n) is 10.5. The zero-order valence-electron chi connectivity index (χ0n) is 18.0. The van der Waals surface area contributed by atoms with Crippen molar-refractivity contribution >= 4 is 22.7 Å². The number of hydrogen-bond donors (Lipinski definition) is 2. The minimum Gasteiger partial charge on any atom is -0.507 e. The Labute approximate surface area is 185 Å². The quantitative estimate of drug-likeness (QED) is 0.270. The fraction of sp³-hybridized carbons (Fsp3) is 0.320. The second kappa shape index (κ2) is 10.1. The second-order valence-corrected chi connectivity index (χ2v) is 8.12. The highest BCUT2D eigenvalue weighted by molar-refractivity contribution is 6.40. The van der Waals surface area contributed by atoms with E-state index in [0.717, 1.165) is 24.7 Å². The zero-order valence-corrected chi connectivity index (χ0v) is 18.0. The summed E-state index contributed by atoms with van der Waals surface area (Å²) >= 11 is 0. The van der Waals surface area contributed by atoms with E-state index in [2.05, 4.69) is 13.8 Å². The molecule has 0 radical (unpaired) electrons. The number of fused-ring (bicyclic) bond motifs is 1. The van der Waals surface area contributed by atoms with E-state index in [0.29, 0.717) is 12.3 Å². The number of hydrogen-bond acceptors (Lipinski definition) is 6. The Morgan fingerprint density at radius 3 is 2.41 bits per heavy atom. The molecular formula is C25H26O7. The highest BCUT2D eigenvalue weighted by Gasteiger charge is 2.20. The summed E-state index contributed by atoms with van der Waals surface area (Å²) in [7, 11) is 0. The molecule has 0 amide bonds. The molecule has 1 atom stereocenters. The first kappa shape index (κ1) is 23.1. The van der Waals surface area contributed by atoms with Crippen molar-refractivity contribution in [1.82, 2.24) is 0 Å². The summed E-state index contributed by atoms with van der Waals surface area (Å²) in [6, 6.07) is 13.3. The summed E-state index contributed by atoms with van der Waals surface area (Å²) in [6.07, 6.45) is 2.35. The molecule has 0 saturated heterocycles. The third-order valence-corrected chi connectivity index (χ3v) is 5.26. The number of carboxylic acid groups (broad SMARTS) is 1. The average Bonchev–Trinajstić information content (AvgIpc) is 2.76. The Morgan fingerprint density at radius 2 is 1.75 bits per heavy atom. The molecule has 168 valence electrons. The van der Waals surface area contributed by atoms with Crippen LogP contribution in [-0.4, -0.2) is 28.1 Å². The van der Waals surface area contributed by atoms with Gasteiger partial charge in [0.05, 0.1) is 17.1 Å². The van der Waals surface area contributed by atoms with Gasteiger partial charge in [-0.15, -0.1) is 0 Å². The van der Waals surface area contributed by atoms with Crippen molar-refractivity contribution in [3.05, 3.63) is 70.1 Å². The van der Waals surface area contributed by atoms with Crippen LogP contribution in [-0.2, 0) is 11.2 Å². The third-order valence-electron chi connectivity index (χ3n) is 5.26. The zero-order chi connectivity index (χ0) is 23.3. The number of ether oxygens (including phenoxy) is 1. The molecule has 0 aliphatic heterocycles. The molecule has 0 saturated carbocycles. The standard InChI is InChI=1S/C25H26O7/c1-15(2)8-10-18(31-17-6-4-3-5-7-17)11-13-20-23(27)19-12-9-16(22(26)24(28)29)14-21(19)32-25(20)30/h3-7,9,12,14-15,18,27H,8,10-11,13H2,1-2H3,(H,28,29). The van der Waals surface area contributed by atoms with Crippen molar-refractivity contribution in [1.29, 1.82) is 0 Å². The second-order valence-electron chi connectivity index (χ2n) is 8.12. The first-order valence-corrected chi connectivity index (χ1v) is 10.5. The van der Waals surface area contributed by atoms with E-state index in [-0.39, 0.29) is 40.4 Å². The maximum absolute atomic E-state index is 12.5. The lowest BCUT2D eigenvalue weighted by molar-refractivity contribution is -0.131. The van der Waals surface area contributed by atoms with Gasteiger partial charge in [-0.2, -0.15) is 0 Å². The van der Waals surface area contributed by atoms with Crippen LogP contribution in [0.15, 0.2) is 57.7 Å². The molecule has 0 fully saturated rings. The number of rotatable bonds is 10. The van der Waals surface area contributed by atoms with Crippen LogP contribution < -0.4 is 10.4 Å². The number of carbonyl (C=O) groups excluding carboxylic acids is 1. The van der Waals surface area contributed by atoms with E-state index >= 15 is 0 Å². The number of ketones is 1. The first-order chi connectivity index (χ1) is 15.3. The minimum absolute atomic E-state index is 0.0414. The van der Waals surface area contributed by atoms with Crippen molar-refractivity contribution in [2.75, 3.05) is 0 Å². The van der Waals surface area contributed by atoms with Crippen LogP contribution in [0.3, 0.4) is 0 Å². The molecule has 7 nitrogen and oxygen atoms in total. The van der Waals surface area contributed by atoms with Crippen LogP contribution >= 0.6 is 0 Å². The molecule has 1 aromatic heterocycles. The van der Waals surface area contributed by atoms with Crippen LogP contribution in [0.1, 0.15) is 49.0 Å². The molecule has 3 rings (SSSR count). The molecule has 0 aliphatic rings. The van der Waals surface area contributed by atoms with Gasteiger partial charge in [0.15, 0.2) is 0 Å². The predicted molar refractivity (Wildman–Crippen MR) is 119 cm³/mol. The largest absolute Gasteiger partial charge is 0.507 e. The lowest BCUT2D eigenvalue weighted by Crippen LogP contribution is -2.20. The molecule has 2 aromatic carbocycles. The lowest BCUT2D eigenvalue weighted by Gasteiger charge is -2.20. The minimum atomic E-state index is -1.61. The lowest BCUT2D eigenvalue weighted by atomic mass is 9.99.